The number of hydrogen-bond donors (Lipinski definition) is 2. The molecule has 0 aromatic carbocycles. The van der Waals surface area contributed by atoms with Crippen molar-refractivity contribution in [1.82, 2.24) is 15.2 Å². The Bertz CT molecular complexity index is 590. The van der Waals surface area contributed by atoms with Crippen LogP contribution in [0.3, 0.4) is 0 Å². The molecule has 0 aliphatic carbocycles. The van der Waals surface area contributed by atoms with E-state index in [9.17, 15) is 9.59 Å². The molecule has 2 heterocycles. The Morgan fingerprint density at radius 3 is 2.81 bits per heavy atom. The lowest BCUT2D eigenvalue weighted by Gasteiger charge is -2.32. The first-order valence-corrected chi connectivity index (χ1v) is 9.58. The standard InChI is InChI=1S/C19H31N5O2/c1-3-11-23(4-2)17-8-7-15(13-22-17)19(26)24-12-5-6-16(14-24)18(25)21-10-9-20/h7-8,13,16H,3-6,9-12,14,20H2,1-2H3,(H,21,25). The van der Waals surface area contributed by atoms with E-state index >= 15 is 0 Å². The molecule has 26 heavy (non-hydrogen) atoms. The first-order valence-electron chi connectivity index (χ1n) is 9.58. The summed E-state index contributed by atoms with van der Waals surface area (Å²) < 4.78 is 0. The molecule has 7 heteroatoms. The number of piperidine rings is 1. The first kappa shape index (κ1) is 20.2. The number of pyridine rings is 1. The van der Waals surface area contributed by atoms with Crippen molar-refractivity contribution in [2.75, 3.05) is 44.2 Å². The quantitative estimate of drug-likeness (QED) is 0.727. The maximum Gasteiger partial charge on any atom is 0.255 e. The fraction of sp³-hybridized carbons (Fsp3) is 0.632. The second kappa shape index (κ2) is 10.1. The van der Waals surface area contributed by atoms with E-state index < -0.39 is 0 Å². The van der Waals surface area contributed by atoms with E-state index in [0.29, 0.717) is 31.7 Å². The van der Waals surface area contributed by atoms with Crippen LogP contribution in [0.1, 0.15) is 43.5 Å². The van der Waals surface area contributed by atoms with Gasteiger partial charge in [-0.05, 0) is 38.3 Å². The van der Waals surface area contributed by atoms with Crippen molar-refractivity contribution in [3.8, 4) is 0 Å². The van der Waals surface area contributed by atoms with Crippen LogP contribution in [0.5, 0.6) is 0 Å². The number of likely N-dealkylation sites (tertiary alicyclic amines) is 1. The summed E-state index contributed by atoms with van der Waals surface area (Å²) in [5, 5.41) is 2.82. The van der Waals surface area contributed by atoms with Gasteiger partial charge in [-0.25, -0.2) is 4.98 Å². The lowest BCUT2D eigenvalue weighted by atomic mass is 9.96. The van der Waals surface area contributed by atoms with E-state index in [1.54, 1.807) is 11.1 Å². The van der Waals surface area contributed by atoms with Crippen LogP contribution in [-0.4, -0.2) is 61.0 Å². The van der Waals surface area contributed by atoms with Crippen molar-refractivity contribution in [2.24, 2.45) is 11.7 Å². The Labute approximate surface area is 155 Å². The predicted molar refractivity (Wildman–Crippen MR) is 103 cm³/mol. The van der Waals surface area contributed by atoms with Gasteiger partial charge < -0.3 is 20.9 Å². The minimum absolute atomic E-state index is 0.0143. The van der Waals surface area contributed by atoms with Crippen LogP contribution in [-0.2, 0) is 4.79 Å². The van der Waals surface area contributed by atoms with Crippen molar-refractivity contribution >= 4 is 17.6 Å². The average Bonchev–Trinajstić information content (AvgIpc) is 2.70. The highest BCUT2D eigenvalue weighted by Crippen LogP contribution is 2.20. The summed E-state index contributed by atoms with van der Waals surface area (Å²) in [6.07, 6.45) is 4.34. The van der Waals surface area contributed by atoms with Crippen molar-refractivity contribution in [3.63, 3.8) is 0 Å². The molecule has 1 saturated heterocycles. The summed E-state index contributed by atoms with van der Waals surface area (Å²) in [7, 11) is 0. The van der Waals surface area contributed by atoms with Crippen LogP contribution in [0.4, 0.5) is 5.82 Å². The minimum atomic E-state index is -0.161. The van der Waals surface area contributed by atoms with Crippen molar-refractivity contribution < 1.29 is 9.59 Å². The summed E-state index contributed by atoms with van der Waals surface area (Å²) in [5.74, 6) is 0.661. The van der Waals surface area contributed by atoms with Gasteiger partial charge in [0.15, 0.2) is 0 Å². The summed E-state index contributed by atoms with van der Waals surface area (Å²) in [4.78, 5) is 33.3. The number of carbonyl (C=O) groups is 2. The molecule has 7 nitrogen and oxygen atoms in total. The summed E-state index contributed by atoms with van der Waals surface area (Å²) in [5.41, 5.74) is 6.00. The first-order chi connectivity index (χ1) is 12.6. The number of carbonyl (C=O) groups excluding carboxylic acids is 2. The van der Waals surface area contributed by atoms with Gasteiger partial charge in [0.05, 0.1) is 11.5 Å². The van der Waals surface area contributed by atoms with Crippen LogP contribution < -0.4 is 16.0 Å². The van der Waals surface area contributed by atoms with Gasteiger partial charge in [-0.3, -0.25) is 9.59 Å². The molecule has 0 bridgehead atoms. The minimum Gasteiger partial charge on any atom is -0.357 e. The van der Waals surface area contributed by atoms with Gasteiger partial charge >= 0.3 is 0 Å². The van der Waals surface area contributed by atoms with E-state index in [-0.39, 0.29) is 17.7 Å². The van der Waals surface area contributed by atoms with E-state index in [1.165, 1.54) is 0 Å². The van der Waals surface area contributed by atoms with Crippen LogP contribution in [0.15, 0.2) is 18.3 Å². The largest absolute Gasteiger partial charge is 0.357 e. The van der Waals surface area contributed by atoms with Gasteiger partial charge in [0.25, 0.3) is 5.91 Å². The molecule has 1 fully saturated rings. The monoisotopic (exact) mass is 361 g/mol. The van der Waals surface area contributed by atoms with Crippen LogP contribution in [0, 0.1) is 5.92 Å². The third-order valence-electron chi connectivity index (χ3n) is 4.72. The molecule has 0 spiro atoms. The van der Waals surface area contributed by atoms with Crippen molar-refractivity contribution in [3.05, 3.63) is 23.9 Å². The molecule has 2 rings (SSSR count). The average molecular weight is 361 g/mol. The summed E-state index contributed by atoms with van der Waals surface area (Å²) in [6.45, 7) is 8.09. The fourth-order valence-electron chi connectivity index (χ4n) is 3.30. The molecule has 1 atom stereocenters. The zero-order chi connectivity index (χ0) is 18.9. The molecule has 3 N–H and O–H groups in total. The SMILES string of the molecule is CCCN(CC)c1ccc(C(=O)N2CCCC(C(=O)NCCN)C2)cn1. The Morgan fingerprint density at radius 2 is 2.19 bits per heavy atom. The van der Waals surface area contributed by atoms with Crippen LogP contribution in [0.25, 0.3) is 0 Å². The van der Waals surface area contributed by atoms with Gasteiger partial charge in [0, 0.05) is 45.5 Å². The summed E-state index contributed by atoms with van der Waals surface area (Å²) >= 11 is 0. The normalized spacial score (nSPS) is 17.0. The molecule has 1 aliphatic heterocycles. The van der Waals surface area contributed by atoms with Gasteiger partial charge in [-0.15, -0.1) is 0 Å². The molecule has 1 unspecified atom stereocenters. The van der Waals surface area contributed by atoms with Gasteiger partial charge in [0.1, 0.15) is 5.82 Å². The van der Waals surface area contributed by atoms with Crippen LogP contribution >= 0.6 is 0 Å². The molecule has 0 saturated carbocycles. The van der Waals surface area contributed by atoms with Gasteiger partial charge in [0.2, 0.25) is 5.91 Å². The van der Waals surface area contributed by atoms with Gasteiger partial charge in [-0.1, -0.05) is 6.92 Å². The van der Waals surface area contributed by atoms with Gasteiger partial charge in [-0.2, -0.15) is 0 Å². The Balaban J connectivity index is 2.00. The zero-order valence-electron chi connectivity index (χ0n) is 15.9. The maximum atomic E-state index is 12.8. The molecule has 2 amide bonds. The predicted octanol–water partition coefficient (Wildman–Crippen LogP) is 1.25. The third kappa shape index (κ3) is 5.17. The van der Waals surface area contributed by atoms with E-state index in [1.807, 2.05) is 12.1 Å². The Hall–Kier alpha value is -2.15. The van der Waals surface area contributed by atoms with Crippen molar-refractivity contribution in [2.45, 2.75) is 33.1 Å². The molecule has 1 aromatic heterocycles. The Kier molecular flexibility index (Phi) is 7.84. The topological polar surface area (TPSA) is 91.6 Å². The lowest BCUT2D eigenvalue weighted by Crippen LogP contribution is -2.46. The Morgan fingerprint density at radius 1 is 1.38 bits per heavy atom. The number of aromatic nitrogens is 1. The lowest BCUT2D eigenvalue weighted by molar-refractivity contribution is -0.126. The number of nitrogens with zero attached hydrogens (tertiary/aromatic N) is 3. The van der Waals surface area contributed by atoms with Crippen LogP contribution in [0.2, 0.25) is 0 Å². The number of nitrogens with one attached hydrogen (secondary N) is 1. The maximum absolute atomic E-state index is 12.8. The van der Waals surface area contributed by atoms with E-state index in [0.717, 1.165) is 38.2 Å². The molecule has 1 aromatic rings. The fourth-order valence-corrected chi connectivity index (χ4v) is 3.30. The number of nitrogens with two attached hydrogens (primary N) is 1. The highest BCUT2D eigenvalue weighted by atomic mass is 16.2. The van der Waals surface area contributed by atoms with Crippen molar-refractivity contribution in [1.29, 1.82) is 0 Å². The van der Waals surface area contributed by atoms with E-state index in [2.05, 4.69) is 29.0 Å². The third-order valence-corrected chi connectivity index (χ3v) is 4.72. The second-order valence-corrected chi connectivity index (χ2v) is 6.65. The number of anilines is 1. The number of amides is 2. The zero-order valence-corrected chi connectivity index (χ0v) is 15.9. The van der Waals surface area contributed by atoms with E-state index in [4.69, 9.17) is 5.73 Å². The summed E-state index contributed by atoms with van der Waals surface area (Å²) in [6, 6.07) is 3.74. The molecular weight excluding hydrogens is 330 g/mol. The smallest absolute Gasteiger partial charge is 0.255 e. The molecular formula is C19H31N5O2. The molecule has 144 valence electrons. The highest BCUT2D eigenvalue weighted by molar-refractivity contribution is 5.94. The number of hydrogen-bond acceptors (Lipinski definition) is 5. The molecule has 0 radical (unpaired) electrons. The second-order valence-electron chi connectivity index (χ2n) is 6.65. The highest BCUT2D eigenvalue weighted by Gasteiger charge is 2.28. The number of rotatable bonds is 8. The molecule has 1 aliphatic rings.